The first-order chi connectivity index (χ1) is 15.9. The van der Waals surface area contributed by atoms with Gasteiger partial charge in [0.05, 0.1) is 25.8 Å². The van der Waals surface area contributed by atoms with Gasteiger partial charge in [0.25, 0.3) is 5.91 Å². The molecule has 4 rings (SSSR count). The van der Waals surface area contributed by atoms with Gasteiger partial charge in [0.15, 0.2) is 5.69 Å². The minimum atomic E-state index is -4.77. The molecule has 1 N–H and O–H groups in total. The van der Waals surface area contributed by atoms with Crippen LogP contribution in [0, 0.1) is 0 Å². The van der Waals surface area contributed by atoms with Crippen molar-refractivity contribution in [3.8, 4) is 11.6 Å². The Balaban J connectivity index is 1.30. The van der Waals surface area contributed by atoms with Crippen LogP contribution in [0.15, 0.2) is 24.3 Å². The summed E-state index contributed by atoms with van der Waals surface area (Å²) in [4.78, 5) is 12.6. The van der Waals surface area contributed by atoms with Crippen molar-refractivity contribution in [2.24, 2.45) is 0 Å². The average molecular weight is 495 g/mol. The molecule has 14 heteroatoms. The van der Waals surface area contributed by atoms with Crippen LogP contribution >= 0.6 is 0 Å². The van der Waals surface area contributed by atoms with Crippen molar-refractivity contribution < 1.29 is 50.1 Å². The van der Waals surface area contributed by atoms with Crippen LogP contribution in [0.5, 0.6) is 11.6 Å². The minimum absolute atomic E-state index is 0.00219. The number of carbonyl (C=O) groups is 1. The smallest absolute Gasteiger partial charge is 0.491 e. The van der Waals surface area contributed by atoms with E-state index in [9.17, 15) is 31.1 Å². The van der Waals surface area contributed by atoms with Gasteiger partial charge < -0.3 is 19.5 Å². The summed E-state index contributed by atoms with van der Waals surface area (Å²) in [7, 11) is 0. The summed E-state index contributed by atoms with van der Waals surface area (Å²) in [5, 5.41) is 6.81. The summed E-state index contributed by atoms with van der Waals surface area (Å²) in [6.07, 6.45) is -9.69. The highest BCUT2D eigenvalue weighted by Gasteiger charge is 2.34. The fourth-order valence-corrected chi connectivity index (χ4v) is 3.59. The lowest BCUT2D eigenvalue weighted by atomic mass is 10.0. The highest BCUT2D eigenvalue weighted by molar-refractivity contribution is 5.92. The van der Waals surface area contributed by atoms with E-state index in [1.54, 1.807) is 18.2 Å². The molecule has 2 aliphatic rings. The van der Waals surface area contributed by atoms with Gasteiger partial charge in [-0.25, -0.2) is 4.68 Å². The van der Waals surface area contributed by atoms with E-state index in [0.29, 0.717) is 23.3 Å². The second-order valence-corrected chi connectivity index (χ2v) is 7.78. The molecule has 0 unspecified atom stereocenters. The van der Waals surface area contributed by atoms with Gasteiger partial charge in [0.1, 0.15) is 25.1 Å². The molecular weight excluding hydrogens is 476 g/mol. The van der Waals surface area contributed by atoms with Gasteiger partial charge in [-0.2, -0.15) is 18.3 Å². The molecule has 2 aromatic rings. The van der Waals surface area contributed by atoms with Crippen LogP contribution < -0.4 is 14.8 Å². The van der Waals surface area contributed by atoms with Gasteiger partial charge in [-0.15, -0.1) is 13.2 Å². The summed E-state index contributed by atoms with van der Waals surface area (Å²) < 4.78 is 93.9. The molecule has 1 aromatic heterocycles. The normalized spacial score (nSPS) is 19.7. The maximum Gasteiger partial charge on any atom is 0.522 e. The molecule has 1 aromatic carbocycles. The van der Waals surface area contributed by atoms with Crippen LogP contribution in [0.2, 0.25) is 0 Å². The highest BCUT2D eigenvalue weighted by atomic mass is 19.4. The molecule has 0 aliphatic carbocycles. The Morgan fingerprint density at radius 1 is 1.21 bits per heavy atom. The maximum atomic E-state index is 12.6. The highest BCUT2D eigenvalue weighted by Crippen LogP contribution is 2.28. The van der Waals surface area contributed by atoms with Crippen LogP contribution in [-0.2, 0) is 29.0 Å². The van der Waals surface area contributed by atoms with Crippen molar-refractivity contribution >= 4 is 5.91 Å². The number of halogens is 6. The first-order valence-electron chi connectivity index (χ1n) is 10.1. The molecule has 0 bridgehead atoms. The van der Waals surface area contributed by atoms with Crippen LogP contribution in [0.1, 0.15) is 21.6 Å². The standard InChI is InChI=1S/C20H19F6N3O5/c21-19(22,23)10-31-7-11-1-2-16-12(3-11)4-13(8-32-16)27-18(30)15-5-17-29(28-15)6-14(34-17)9-33-20(24,25)26/h1-3,5,13-14H,4,6-10H2,(H,27,30)/t13-,14+/m1/s1. The maximum absolute atomic E-state index is 12.6. The molecule has 0 fully saturated rings. The van der Waals surface area contributed by atoms with Gasteiger partial charge in [-0.1, -0.05) is 6.07 Å². The fourth-order valence-electron chi connectivity index (χ4n) is 3.59. The van der Waals surface area contributed by atoms with Crippen LogP contribution in [0.3, 0.4) is 0 Å². The fraction of sp³-hybridized carbons (Fsp3) is 0.500. The van der Waals surface area contributed by atoms with Crippen molar-refractivity contribution in [3.05, 3.63) is 41.1 Å². The summed E-state index contributed by atoms with van der Waals surface area (Å²) in [5.41, 5.74) is 1.25. The number of amides is 1. The number of nitrogens with zero attached hydrogens (tertiary/aromatic N) is 2. The summed E-state index contributed by atoms with van der Waals surface area (Å²) in [6, 6.07) is 5.78. The van der Waals surface area contributed by atoms with E-state index in [1.807, 2.05) is 0 Å². The van der Waals surface area contributed by atoms with E-state index in [1.165, 1.54) is 10.7 Å². The Labute approximate surface area is 188 Å². The molecule has 34 heavy (non-hydrogen) atoms. The topological polar surface area (TPSA) is 83.8 Å². The third-order valence-corrected chi connectivity index (χ3v) is 4.97. The van der Waals surface area contributed by atoms with Gasteiger partial charge in [0, 0.05) is 6.07 Å². The van der Waals surface area contributed by atoms with Crippen molar-refractivity contribution in [2.75, 3.05) is 19.8 Å². The zero-order valence-corrected chi connectivity index (χ0v) is 17.4. The van der Waals surface area contributed by atoms with Crippen molar-refractivity contribution in [3.63, 3.8) is 0 Å². The Bertz CT molecular complexity index is 1020. The largest absolute Gasteiger partial charge is 0.522 e. The first kappa shape index (κ1) is 24.1. The molecule has 1 amide bonds. The lowest BCUT2D eigenvalue weighted by Gasteiger charge is -2.26. The molecular formula is C20H19F6N3O5. The molecule has 0 spiro atoms. The number of hydrogen-bond acceptors (Lipinski definition) is 6. The number of aromatic nitrogens is 2. The van der Waals surface area contributed by atoms with Gasteiger partial charge in [-0.3, -0.25) is 9.53 Å². The summed E-state index contributed by atoms with van der Waals surface area (Å²) in [6.45, 7) is -2.11. The molecule has 186 valence electrons. The molecule has 2 aliphatic heterocycles. The van der Waals surface area contributed by atoms with E-state index in [4.69, 9.17) is 9.47 Å². The Kier molecular flexibility index (Phi) is 6.62. The van der Waals surface area contributed by atoms with Crippen molar-refractivity contribution in [1.82, 2.24) is 15.1 Å². The molecule has 0 radical (unpaired) electrons. The first-order valence-corrected chi connectivity index (χ1v) is 10.1. The average Bonchev–Trinajstić information content (AvgIpc) is 3.29. The number of ether oxygens (including phenoxy) is 4. The minimum Gasteiger partial charge on any atom is -0.491 e. The number of nitrogens with one attached hydrogen (secondary N) is 1. The Hall–Kier alpha value is -3.00. The van der Waals surface area contributed by atoms with E-state index >= 15 is 0 Å². The third kappa shape index (κ3) is 6.32. The van der Waals surface area contributed by atoms with Crippen molar-refractivity contribution in [1.29, 1.82) is 0 Å². The van der Waals surface area contributed by atoms with E-state index in [-0.39, 0.29) is 31.3 Å². The summed E-state index contributed by atoms with van der Waals surface area (Å²) in [5.74, 6) is 0.177. The monoisotopic (exact) mass is 495 g/mol. The number of rotatable bonds is 7. The number of benzene rings is 1. The van der Waals surface area contributed by atoms with Gasteiger partial charge in [0.2, 0.25) is 5.88 Å². The number of alkyl halides is 6. The van der Waals surface area contributed by atoms with E-state index < -0.39 is 43.8 Å². The predicted molar refractivity (Wildman–Crippen MR) is 101 cm³/mol. The third-order valence-electron chi connectivity index (χ3n) is 4.97. The van der Waals surface area contributed by atoms with Crippen LogP contribution in [0.25, 0.3) is 0 Å². The second-order valence-electron chi connectivity index (χ2n) is 7.78. The Morgan fingerprint density at radius 2 is 2.00 bits per heavy atom. The molecule has 8 nitrogen and oxygen atoms in total. The zero-order chi connectivity index (χ0) is 24.5. The van der Waals surface area contributed by atoms with Crippen LogP contribution in [0.4, 0.5) is 26.3 Å². The number of fused-ring (bicyclic) bond motifs is 2. The predicted octanol–water partition coefficient (Wildman–Crippen LogP) is 2.99. The Morgan fingerprint density at radius 3 is 2.71 bits per heavy atom. The molecule has 0 saturated heterocycles. The van der Waals surface area contributed by atoms with Crippen LogP contribution in [-0.4, -0.2) is 60.2 Å². The second kappa shape index (κ2) is 9.33. The molecule has 0 saturated carbocycles. The van der Waals surface area contributed by atoms with E-state index in [2.05, 4.69) is 19.9 Å². The molecule has 2 atom stereocenters. The molecule has 3 heterocycles. The van der Waals surface area contributed by atoms with E-state index in [0.717, 1.165) is 0 Å². The lowest BCUT2D eigenvalue weighted by molar-refractivity contribution is -0.329. The zero-order valence-electron chi connectivity index (χ0n) is 17.4. The van der Waals surface area contributed by atoms with Gasteiger partial charge in [-0.05, 0) is 29.7 Å². The SMILES string of the molecule is O=C(N[C@H]1COc2ccc(COCC(F)(F)F)cc2C1)c1cc2n(n1)C[C@@H](COC(F)(F)F)O2. The lowest BCUT2D eigenvalue weighted by Crippen LogP contribution is -2.43. The summed E-state index contributed by atoms with van der Waals surface area (Å²) >= 11 is 0. The van der Waals surface area contributed by atoms with Gasteiger partial charge >= 0.3 is 12.5 Å². The van der Waals surface area contributed by atoms with Crippen molar-refractivity contribution in [2.45, 2.75) is 44.3 Å². The quantitative estimate of drug-likeness (QED) is 0.595. The number of carbonyl (C=O) groups excluding carboxylic acids is 1. The number of hydrogen-bond donors (Lipinski definition) is 1.